The van der Waals surface area contributed by atoms with Gasteiger partial charge in [-0.3, -0.25) is 4.98 Å². The predicted molar refractivity (Wildman–Crippen MR) is 88.3 cm³/mol. The zero-order chi connectivity index (χ0) is 15.8. The molecular formula is C16H15N7. The average molecular weight is 305 g/mol. The van der Waals surface area contributed by atoms with E-state index < -0.39 is 0 Å². The number of aromatic nitrogens is 6. The van der Waals surface area contributed by atoms with Gasteiger partial charge < -0.3 is 4.90 Å². The monoisotopic (exact) mass is 305 g/mol. The Hall–Kier alpha value is -3.09. The number of rotatable bonds is 3. The number of hydrogen-bond donors (Lipinski definition) is 0. The van der Waals surface area contributed by atoms with Gasteiger partial charge in [0, 0.05) is 25.7 Å². The van der Waals surface area contributed by atoms with Crippen LogP contribution in [0.1, 0.15) is 5.56 Å². The fourth-order valence-electron chi connectivity index (χ4n) is 2.46. The van der Waals surface area contributed by atoms with E-state index in [2.05, 4.69) is 37.4 Å². The maximum absolute atomic E-state index is 4.58. The van der Waals surface area contributed by atoms with E-state index in [0.717, 1.165) is 22.3 Å². The first-order valence-electron chi connectivity index (χ1n) is 7.28. The van der Waals surface area contributed by atoms with Crippen LogP contribution in [0.3, 0.4) is 0 Å². The lowest BCUT2D eigenvalue weighted by Gasteiger charge is -2.10. The van der Waals surface area contributed by atoms with E-state index in [1.807, 2.05) is 37.2 Å². The maximum atomic E-state index is 4.58. The van der Waals surface area contributed by atoms with Crippen molar-refractivity contribution >= 4 is 28.0 Å². The molecule has 4 aromatic rings. The van der Waals surface area contributed by atoms with Crippen molar-refractivity contribution in [2.75, 3.05) is 19.0 Å². The predicted octanol–water partition coefficient (Wildman–Crippen LogP) is 1.88. The molecule has 3 heterocycles. The SMILES string of the molecule is CN(C)c1cnc2nnn(Cc3ccc4ncccc4c3)c2n1. The highest BCUT2D eigenvalue weighted by atomic mass is 15.5. The number of pyridine rings is 1. The minimum absolute atomic E-state index is 0.554. The Bertz CT molecular complexity index is 990. The van der Waals surface area contributed by atoms with E-state index >= 15 is 0 Å². The summed E-state index contributed by atoms with van der Waals surface area (Å²) < 4.78 is 1.77. The summed E-state index contributed by atoms with van der Waals surface area (Å²) in [6, 6.07) is 10.2. The van der Waals surface area contributed by atoms with Gasteiger partial charge in [-0.15, -0.1) is 5.10 Å². The third kappa shape index (κ3) is 2.46. The van der Waals surface area contributed by atoms with Crippen LogP contribution in [0.2, 0.25) is 0 Å². The lowest BCUT2D eigenvalue weighted by Crippen LogP contribution is -2.12. The van der Waals surface area contributed by atoms with Crippen LogP contribution in [-0.2, 0) is 6.54 Å². The van der Waals surface area contributed by atoms with Crippen molar-refractivity contribution < 1.29 is 0 Å². The molecule has 0 saturated heterocycles. The third-order valence-corrected chi connectivity index (χ3v) is 3.67. The molecule has 0 radical (unpaired) electrons. The van der Waals surface area contributed by atoms with Gasteiger partial charge in [0.2, 0.25) is 5.65 Å². The molecule has 0 aliphatic rings. The summed E-state index contributed by atoms with van der Waals surface area (Å²) in [6.07, 6.45) is 3.49. The number of benzene rings is 1. The fraction of sp³-hybridized carbons (Fsp3) is 0.188. The van der Waals surface area contributed by atoms with Gasteiger partial charge in [0.25, 0.3) is 0 Å². The average Bonchev–Trinajstić information content (AvgIpc) is 2.97. The molecule has 0 unspecified atom stereocenters. The van der Waals surface area contributed by atoms with Crippen LogP contribution in [0.15, 0.2) is 42.7 Å². The quantitative estimate of drug-likeness (QED) is 0.575. The molecule has 0 fully saturated rings. The molecule has 7 nitrogen and oxygen atoms in total. The molecule has 3 aromatic heterocycles. The second-order valence-electron chi connectivity index (χ2n) is 5.55. The lowest BCUT2D eigenvalue weighted by molar-refractivity contribution is 0.664. The highest BCUT2D eigenvalue weighted by Gasteiger charge is 2.10. The smallest absolute Gasteiger partial charge is 0.221 e. The summed E-state index contributed by atoms with van der Waals surface area (Å²) in [5, 5.41) is 9.37. The molecule has 0 amide bonds. The van der Waals surface area contributed by atoms with Gasteiger partial charge in [-0.2, -0.15) is 0 Å². The van der Waals surface area contributed by atoms with Crippen LogP contribution in [0, 0.1) is 0 Å². The molecule has 0 atom stereocenters. The number of hydrogen-bond acceptors (Lipinski definition) is 6. The number of anilines is 1. The summed E-state index contributed by atoms with van der Waals surface area (Å²) in [5.41, 5.74) is 3.34. The van der Waals surface area contributed by atoms with Crippen molar-refractivity contribution in [3.63, 3.8) is 0 Å². The standard InChI is InChI=1S/C16H15N7/c1-22(2)14-9-18-15-16(19-14)23(21-20-15)10-11-5-6-13-12(8-11)4-3-7-17-13/h3-9H,10H2,1-2H3. The Morgan fingerprint density at radius 1 is 1.13 bits per heavy atom. The second-order valence-corrected chi connectivity index (χ2v) is 5.55. The van der Waals surface area contributed by atoms with Crippen LogP contribution in [0.4, 0.5) is 5.82 Å². The van der Waals surface area contributed by atoms with Gasteiger partial charge >= 0.3 is 0 Å². The van der Waals surface area contributed by atoms with Crippen molar-refractivity contribution in [2.24, 2.45) is 0 Å². The van der Waals surface area contributed by atoms with Crippen LogP contribution < -0.4 is 4.90 Å². The number of fused-ring (bicyclic) bond motifs is 2. The van der Waals surface area contributed by atoms with E-state index in [1.165, 1.54) is 0 Å². The summed E-state index contributed by atoms with van der Waals surface area (Å²) in [5.74, 6) is 0.781. The van der Waals surface area contributed by atoms with Crippen molar-refractivity contribution in [1.29, 1.82) is 0 Å². The molecule has 0 N–H and O–H groups in total. The molecule has 0 saturated carbocycles. The van der Waals surface area contributed by atoms with Gasteiger partial charge in [0.1, 0.15) is 5.82 Å². The molecule has 0 spiro atoms. The largest absolute Gasteiger partial charge is 0.361 e. The van der Waals surface area contributed by atoms with Gasteiger partial charge in [-0.1, -0.05) is 17.3 Å². The van der Waals surface area contributed by atoms with Gasteiger partial charge in [0.15, 0.2) is 5.65 Å². The topological polar surface area (TPSA) is 72.6 Å². The van der Waals surface area contributed by atoms with Gasteiger partial charge in [-0.05, 0) is 23.8 Å². The summed E-state index contributed by atoms with van der Waals surface area (Å²) in [6.45, 7) is 0.590. The van der Waals surface area contributed by atoms with Crippen molar-refractivity contribution in [2.45, 2.75) is 6.54 Å². The molecule has 1 aromatic carbocycles. The maximum Gasteiger partial charge on any atom is 0.221 e. The summed E-state index contributed by atoms with van der Waals surface area (Å²) >= 11 is 0. The van der Waals surface area contributed by atoms with E-state index in [9.17, 15) is 0 Å². The Labute approximate surface area is 132 Å². The molecular weight excluding hydrogens is 290 g/mol. The zero-order valence-corrected chi connectivity index (χ0v) is 12.9. The minimum Gasteiger partial charge on any atom is -0.361 e. The molecule has 4 rings (SSSR count). The van der Waals surface area contributed by atoms with Crippen LogP contribution in [0.5, 0.6) is 0 Å². The Kier molecular flexibility index (Phi) is 3.11. The first kappa shape index (κ1) is 13.6. The van der Waals surface area contributed by atoms with E-state index in [-0.39, 0.29) is 0 Å². The molecule has 7 heteroatoms. The van der Waals surface area contributed by atoms with E-state index in [0.29, 0.717) is 17.8 Å². The van der Waals surface area contributed by atoms with Crippen molar-refractivity contribution in [3.05, 3.63) is 48.3 Å². The van der Waals surface area contributed by atoms with Crippen molar-refractivity contribution in [3.8, 4) is 0 Å². The third-order valence-electron chi connectivity index (χ3n) is 3.67. The Morgan fingerprint density at radius 2 is 2.04 bits per heavy atom. The zero-order valence-electron chi connectivity index (χ0n) is 12.9. The van der Waals surface area contributed by atoms with E-state index in [4.69, 9.17) is 0 Å². The van der Waals surface area contributed by atoms with Gasteiger partial charge in [0.05, 0.1) is 18.3 Å². The Morgan fingerprint density at radius 3 is 2.91 bits per heavy atom. The first-order valence-corrected chi connectivity index (χ1v) is 7.28. The van der Waals surface area contributed by atoms with Crippen LogP contribution in [0.25, 0.3) is 22.2 Å². The normalized spacial score (nSPS) is 11.2. The highest BCUT2D eigenvalue weighted by Crippen LogP contribution is 2.16. The molecule has 0 bridgehead atoms. The second kappa shape index (κ2) is 5.28. The van der Waals surface area contributed by atoms with Gasteiger partial charge in [-0.25, -0.2) is 14.6 Å². The lowest BCUT2D eigenvalue weighted by atomic mass is 10.1. The van der Waals surface area contributed by atoms with Crippen molar-refractivity contribution in [1.82, 2.24) is 29.9 Å². The van der Waals surface area contributed by atoms with Crippen LogP contribution in [-0.4, -0.2) is 44.0 Å². The highest BCUT2D eigenvalue weighted by molar-refractivity contribution is 5.79. The minimum atomic E-state index is 0.554. The molecule has 23 heavy (non-hydrogen) atoms. The molecule has 114 valence electrons. The van der Waals surface area contributed by atoms with Crippen LogP contribution >= 0.6 is 0 Å². The molecule has 0 aliphatic heterocycles. The fourth-order valence-corrected chi connectivity index (χ4v) is 2.46. The summed E-state index contributed by atoms with van der Waals surface area (Å²) in [4.78, 5) is 15.1. The van der Waals surface area contributed by atoms with E-state index in [1.54, 1.807) is 17.1 Å². The Balaban J connectivity index is 1.74. The summed E-state index contributed by atoms with van der Waals surface area (Å²) in [7, 11) is 3.86. The first-order chi connectivity index (χ1) is 11.2. The molecule has 0 aliphatic carbocycles. The number of nitrogens with zero attached hydrogens (tertiary/aromatic N) is 7.